The van der Waals surface area contributed by atoms with Gasteiger partial charge in [-0.2, -0.15) is 0 Å². The van der Waals surface area contributed by atoms with Crippen molar-refractivity contribution < 1.29 is 0 Å². The highest BCUT2D eigenvalue weighted by atomic mass is 16.1. The van der Waals surface area contributed by atoms with E-state index in [1.54, 1.807) is 18.2 Å². The van der Waals surface area contributed by atoms with Gasteiger partial charge in [-0.3, -0.25) is 4.79 Å². The summed E-state index contributed by atoms with van der Waals surface area (Å²) in [5, 5.41) is 0. The van der Waals surface area contributed by atoms with E-state index in [0.29, 0.717) is 0 Å². The van der Waals surface area contributed by atoms with Crippen molar-refractivity contribution in [1.29, 1.82) is 0 Å². The largest absolute Gasteiger partial charge is 0.290 e. The van der Waals surface area contributed by atoms with Gasteiger partial charge in [0.25, 0.3) is 0 Å². The van der Waals surface area contributed by atoms with Crippen molar-refractivity contribution in [3.05, 3.63) is 46.1 Å². The van der Waals surface area contributed by atoms with Crippen LogP contribution in [-0.2, 0) is 6.42 Å². The number of rotatable bonds is 3. The number of aryl methyl sites for hydroxylation is 1. The minimum Gasteiger partial charge on any atom is -0.290 e. The van der Waals surface area contributed by atoms with Crippen LogP contribution in [0.4, 0.5) is 0 Å². The SMILES string of the molecule is CCCCc1ccccc(=O)c1. The van der Waals surface area contributed by atoms with Crippen LogP contribution in [0.15, 0.2) is 35.1 Å². The molecule has 0 heterocycles. The van der Waals surface area contributed by atoms with Crippen molar-refractivity contribution in [2.75, 3.05) is 0 Å². The molecule has 0 aliphatic rings. The molecule has 1 heteroatoms. The predicted molar refractivity (Wildman–Crippen MR) is 51.3 cm³/mol. The van der Waals surface area contributed by atoms with Gasteiger partial charge in [-0.15, -0.1) is 0 Å². The van der Waals surface area contributed by atoms with Crippen LogP contribution in [0.1, 0.15) is 25.3 Å². The van der Waals surface area contributed by atoms with E-state index in [1.165, 1.54) is 6.42 Å². The first kappa shape index (κ1) is 8.98. The molecule has 1 aromatic carbocycles. The average Bonchev–Trinajstić information content (AvgIpc) is 2.26. The van der Waals surface area contributed by atoms with E-state index >= 15 is 0 Å². The Bertz CT molecular complexity index is 291. The second-order valence-electron chi connectivity index (χ2n) is 2.94. The molecule has 0 saturated heterocycles. The first-order valence-corrected chi connectivity index (χ1v) is 4.42. The second kappa shape index (κ2) is 4.70. The maximum Gasteiger partial charge on any atom is 0.178 e. The van der Waals surface area contributed by atoms with E-state index in [1.807, 2.05) is 12.1 Å². The maximum absolute atomic E-state index is 11.1. The van der Waals surface area contributed by atoms with Crippen LogP contribution < -0.4 is 5.43 Å². The van der Waals surface area contributed by atoms with Crippen LogP contribution >= 0.6 is 0 Å². The molecule has 1 nitrogen and oxygen atoms in total. The van der Waals surface area contributed by atoms with Crippen LogP contribution in [0.25, 0.3) is 0 Å². The first-order valence-electron chi connectivity index (χ1n) is 4.42. The minimum atomic E-state index is 0.103. The average molecular weight is 162 g/mol. The van der Waals surface area contributed by atoms with Gasteiger partial charge >= 0.3 is 0 Å². The highest BCUT2D eigenvalue weighted by molar-refractivity contribution is 5.13. The Balaban J connectivity index is 2.80. The molecule has 0 aliphatic heterocycles. The van der Waals surface area contributed by atoms with Crippen molar-refractivity contribution in [3.8, 4) is 0 Å². The molecule has 0 spiro atoms. The van der Waals surface area contributed by atoms with Crippen LogP contribution in [0.5, 0.6) is 0 Å². The lowest BCUT2D eigenvalue weighted by Crippen LogP contribution is -1.93. The summed E-state index contributed by atoms with van der Waals surface area (Å²) in [4.78, 5) is 11.1. The fourth-order valence-corrected chi connectivity index (χ4v) is 1.14. The number of hydrogen-bond donors (Lipinski definition) is 0. The monoisotopic (exact) mass is 162 g/mol. The van der Waals surface area contributed by atoms with E-state index in [9.17, 15) is 4.79 Å². The molecule has 0 aromatic heterocycles. The summed E-state index contributed by atoms with van der Waals surface area (Å²) in [7, 11) is 0. The van der Waals surface area contributed by atoms with Gasteiger partial charge in [0.05, 0.1) is 0 Å². The highest BCUT2D eigenvalue weighted by Gasteiger charge is 1.90. The summed E-state index contributed by atoms with van der Waals surface area (Å²) in [6.07, 6.45) is 3.34. The molecule has 0 fully saturated rings. The third-order valence-corrected chi connectivity index (χ3v) is 1.83. The minimum absolute atomic E-state index is 0.103. The zero-order valence-electron chi connectivity index (χ0n) is 7.42. The first-order chi connectivity index (χ1) is 5.83. The Morgan fingerprint density at radius 3 is 2.75 bits per heavy atom. The van der Waals surface area contributed by atoms with Crippen molar-refractivity contribution >= 4 is 0 Å². The molecule has 0 bridgehead atoms. The standard InChI is InChI=1S/C11H14O/c1-2-3-6-10-7-4-5-8-11(12)9-10/h4-5,7-9H,2-3,6H2,1H3. The molecule has 0 saturated carbocycles. The van der Waals surface area contributed by atoms with Gasteiger partial charge in [0.15, 0.2) is 5.43 Å². The van der Waals surface area contributed by atoms with Gasteiger partial charge < -0.3 is 0 Å². The van der Waals surface area contributed by atoms with Crippen LogP contribution in [0.3, 0.4) is 0 Å². The molecular weight excluding hydrogens is 148 g/mol. The second-order valence-corrected chi connectivity index (χ2v) is 2.94. The Morgan fingerprint density at radius 2 is 2.00 bits per heavy atom. The van der Waals surface area contributed by atoms with Gasteiger partial charge in [-0.25, -0.2) is 0 Å². The quantitative estimate of drug-likeness (QED) is 0.667. The highest BCUT2D eigenvalue weighted by Crippen LogP contribution is 2.00. The molecule has 1 aromatic rings. The van der Waals surface area contributed by atoms with Crippen molar-refractivity contribution in [2.45, 2.75) is 26.2 Å². The zero-order valence-corrected chi connectivity index (χ0v) is 7.42. The summed E-state index contributed by atoms with van der Waals surface area (Å²) in [6.45, 7) is 2.15. The zero-order chi connectivity index (χ0) is 8.81. The summed E-state index contributed by atoms with van der Waals surface area (Å²) in [5.41, 5.74) is 1.25. The lowest BCUT2D eigenvalue weighted by molar-refractivity contribution is 0.795. The smallest absolute Gasteiger partial charge is 0.178 e. The van der Waals surface area contributed by atoms with E-state index in [2.05, 4.69) is 6.92 Å². The molecular formula is C11H14O. The lowest BCUT2D eigenvalue weighted by Gasteiger charge is -1.93. The van der Waals surface area contributed by atoms with Gasteiger partial charge in [0, 0.05) is 0 Å². The van der Waals surface area contributed by atoms with Crippen LogP contribution in [-0.4, -0.2) is 0 Å². The summed E-state index contributed by atoms with van der Waals surface area (Å²) >= 11 is 0. The third kappa shape index (κ3) is 2.87. The summed E-state index contributed by atoms with van der Waals surface area (Å²) in [5.74, 6) is 0. The van der Waals surface area contributed by atoms with E-state index in [-0.39, 0.29) is 5.43 Å². The molecule has 12 heavy (non-hydrogen) atoms. The molecule has 0 unspecified atom stereocenters. The Kier molecular flexibility index (Phi) is 3.52. The number of unbranched alkanes of at least 4 members (excludes halogenated alkanes) is 1. The van der Waals surface area contributed by atoms with Crippen molar-refractivity contribution in [3.63, 3.8) is 0 Å². The molecule has 0 aliphatic carbocycles. The third-order valence-electron chi connectivity index (χ3n) is 1.83. The van der Waals surface area contributed by atoms with E-state index in [0.717, 1.165) is 18.4 Å². The fourth-order valence-electron chi connectivity index (χ4n) is 1.14. The topological polar surface area (TPSA) is 17.1 Å². The Labute approximate surface area is 73.1 Å². The molecule has 0 radical (unpaired) electrons. The molecule has 0 amide bonds. The normalized spacial score (nSPS) is 9.75. The van der Waals surface area contributed by atoms with E-state index in [4.69, 9.17) is 0 Å². The molecule has 0 atom stereocenters. The molecule has 1 rings (SSSR count). The van der Waals surface area contributed by atoms with Crippen molar-refractivity contribution in [2.24, 2.45) is 0 Å². The van der Waals surface area contributed by atoms with Gasteiger partial charge in [0.2, 0.25) is 0 Å². The van der Waals surface area contributed by atoms with Crippen LogP contribution in [0.2, 0.25) is 0 Å². The van der Waals surface area contributed by atoms with Gasteiger partial charge in [0.1, 0.15) is 0 Å². The van der Waals surface area contributed by atoms with Crippen LogP contribution in [0, 0.1) is 0 Å². The van der Waals surface area contributed by atoms with E-state index < -0.39 is 0 Å². The maximum atomic E-state index is 11.1. The Morgan fingerprint density at radius 1 is 1.25 bits per heavy atom. The van der Waals surface area contributed by atoms with Gasteiger partial charge in [-0.05, 0) is 30.5 Å². The van der Waals surface area contributed by atoms with Crippen molar-refractivity contribution in [1.82, 2.24) is 0 Å². The fraction of sp³-hybridized carbons (Fsp3) is 0.364. The lowest BCUT2D eigenvalue weighted by atomic mass is 10.1. The summed E-state index contributed by atoms with van der Waals surface area (Å²) in [6, 6.07) is 9.03. The Hall–Kier alpha value is -1.11. The summed E-state index contributed by atoms with van der Waals surface area (Å²) < 4.78 is 0. The molecule has 64 valence electrons. The predicted octanol–water partition coefficient (Wildman–Crippen LogP) is 2.39. The molecule has 0 N–H and O–H groups in total. The number of hydrogen-bond acceptors (Lipinski definition) is 1. The van der Waals surface area contributed by atoms with Gasteiger partial charge in [-0.1, -0.05) is 31.5 Å².